The molecule has 0 saturated carbocycles. The van der Waals surface area contributed by atoms with Crippen LogP contribution in [0.1, 0.15) is 34.1 Å². The summed E-state index contributed by atoms with van der Waals surface area (Å²) in [5, 5.41) is 2.45. The molecule has 2 aromatic rings. The predicted octanol–water partition coefficient (Wildman–Crippen LogP) is 3.20. The molecule has 2 aromatic carbocycles. The third-order valence-corrected chi connectivity index (χ3v) is 4.35. The molecule has 0 fully saturated rings. The number of rotatable bonds is 6. The van der Waals surface area contributed by atoms with Crippen LogP contribution in [0.5, 0.6) is 11.5 Å². The number of hydrogen-bond donors (Lipinski definition) is 3. The predicted molar refractivity (Wildman–Crippen MR) is 114 cm³/mol. The van der Waals surface area contributed by atoms with Crippen LogP contribution in [0, 0.1) is 0 Å². The van der Waals surface area contributed by atoms with E-state index in [-0.39, 0.29) is 5.11 Å². The fourth-order valence-electron chi connectivity index (χ4n) is 2.19. The van der Waals surface area contributed by atoms with Crippen molar-refractivity contribution in [3.8, 4) is 11.5 Å². The summed E-state index contributed by atoms with van der Waals surface area (Å²) in [5.41, 5.74) is 5.69. The second-order valence-electron chi connectivity index (χ2n) is 5.56. The number of amides is 2. The lowest BCUT2D eigenvalue weighted by molar-refractivity contribution is 0.0931. The minimum absolute atomic E-state index is 0.0442. The average molecular weight is 466 g/mol. The Balaban J connectivity index is 1.92. The molecule has 28 heavy (non-hydrogen) atoms. The molecule has 0 radical (unpaired) electrons. The Morgan fingerprint density at radius 3 is 2.50 bits per heavy atom. The van der Waals surface area contributed by atoms with E-state index in [2.05, 4.69) is 32.1 Å². The van der Waals surface area contributed by atoms with Gasteiger partial charge in [-0.25, -0.2) is 0 Å². The van der Waals surface area contributed by atoms with Crippen molar-refractivity contribution in [2.45, 2.75) is 13.3 Å². The molecule has 7 nitrogen and oxygen atoms in total. The van der Waals surface area contributed by atoms with Crippen LogP contribution in [0.2, 0.25) is 0 Å². The Morgan fingerprint density at radius 2 is 1.82 bits per heavy atom. The molecular formula is C19H20BrN3O4S. The molecule has 0 aromatic heterocycles. The molecule has 0 heterocycles. The van der Waals surface area contributed by atoms with Crippen molar-refractivity contribution in [1.29, 1.82) is 0 Å². The van der Waals surface area contributed by atoms with E-state index in [0.717, 1.165) is 6.42 Å². The lowest BCUT2D eigenvalue weighted by Gasteiger charge is -2.13. The summed E-state index contributed by atoms with van der Waals surface area (Å²) in [5.74, 6) is 0.215. The quantitative estimate of drug-likeness (QED) is 0.448. The highest BCUT2D eigenvalue weighted by Crippen LogP contribution is 2.25. The van der Waals surface area contributed by atoms with Gasteiger partial charge in [0.1, 0.15) is 11.5 Å². The number of halogens is 1. The molecule has 0 unspecified atom stereocenters. The van der Waals surface area contributed by atoms with Gasteiger partial charge in [-0.3, -0.25) is 25.8 Å². The summed E-state index contributed by atoms with van der Waals surface area (Å²) in [6, 6.07) is 11.7. The van der Waals surface area contributed by atoms with Gasteiger partial charge in [-0.15, -0.1) is 0 Å². The number of ether oxygens (including phenoxy) is 2. The SMILES string of the molecule is CCCOc1ccccc1C(=O)NNC(=S)NC(=O)c1ccc(OC)c(Br)c1. The maximum absolute atomic E-state index is 12.4. The number of nitrogens with one attached hydrogen (secondary N) is 3. The molecule has 0 atom stereocenters. The highest BCUT2D eigenvalue weighted by atomic mass is 79.9. The molecule has 0 bridgehead atoms. The van der Waals surface area contributed by atoms with Gasteiger partial charge >= 0.3 is 0 Å². The van der Waals surface area contributed by atoms with Crippen molar-refractivity contribution in [1.82, 2.24) is 16.2 Å². The van der Waals surface area contributed by atoms with Crippen LogP contribution < -0.4 is 25.6 Å². The van der Waals surface area contributed by atoms with Crippen molar-refractivity contribution in [2.24, 2.45) is 0 Å². The summed E-state index contributed by atoms with van der Waals surface area (Å²) < 4.78 is 11.3. The number of para-hydroxylation sites is 1. The summed E-state index contributed by atoms with van der Waals surface area (Å²) in [6.45, 7) is 2.48. The molecule has 0 spiro atoms. The van der Waals surface area contributed by atoms with E-state index in [1.807, 2.05) is 6.92 Å². The Bertz CT molecular complexity index is 876. The Hall–Kier alpha value is -2.65. The molecule has 3 N–H and O–H groups in total. The first-order valence-corrected chi connectivity index (χ1v) is 9.63. The van der Waals surface area contributed by atoms with Crippen LogP contribution in [0.15, 0.2) is 46.9 Å². The molecular weight excluding hydrogens is 446 g/mol. The topological polar surface area (TPSA) is 88.7 Å². The monoisotopic (exact) mass is 465 g/mol. The van der Waals surface area contributed by atoms with Gasteiger partial charge in [0.2, 0.25) is 0 Å². The number of carbonyl (C=O) groups is 2. The molecule has 0 aliphatic carbocycles. The zero-order valence-electron chi connectivity index (χ0n) is 15.4. The fourth-order valence-corrected chi connectivity index (χ4v) is 2.87. The van der Waals surface area contributed by atoms with Crippen LogP contribution in [0.3, 0.4) is 0 Å². The third-order valence-electron chi connectivity index (χ3n) is 3.52. The van der Waals surface area contributed by atoms with Crippen LogP contribution in [-0.2, 0) is 0 Å². The van der Waals surface area contributed by atoms with Crippen molar-refractivity contribution in [3.05, 3.63) is 58.1 Å². The number of hydrazine groups is 1. The molecule has 0 saturated heterocycles. The Kier molecular flexibility index (Phi) is 8.21. The molecule has 0 aliphatic heterocycles. The van der Waals surface area contributed by atoms with Crippen molar-refractivity contribution >= 4 is 45.1 Å². The van der Waals surface area contributed by atoms with Crippen LogP contribution in [0.25, 0.3) is 0 Å². The van der Waals surface area contributed by atoms with Crippen LogP contribution in [0.4, 0.5) is 0 Å². The normalized spacial score (nSPS) is 9.96. The molecule has 0 aliphatic rings. The van der Waals surface area contributed by atoms with E-state index in [1.165, 1.54) is 7.11 Å². The van der Waals surface area contributed by atoms with E-state index < -0.39 is 11.8 Å². The number of benzene rings is 2. The molecule has 2 rings (SSSR count). The summed E-state index contributed by atoms with van der Waals surface area (Å²) in [6.07, 6.45) is 0.825. The van der Waals surface area contributed by atoms with Crippen molar-refractivity contribution in [3.63, 3.8) is 0 Å². The van der Waals surface area contributed by atoms with Gasteiger partial charge < -0.3 is 9.47 Å². The third kappa shape index (κ3) is 5.93. The maximum Gasteiger partial charge on any atom is 0.273 e. The lowest BCUT2D eigenvalue weighted by atomic mass is 10.2. The Morgan fingerprint density at radius 1 is 1.07 bits per heavy atom. The molecule has 148 valence electrons. The van der Waals surface area contributed by atoms with Crippen molar-refractivity contribution < 1.29 is 19.1 Å². The van der Waals surface area contributed by atoms with E-state index >= 15 is 0 Å². The van der Waals surface area contributed by atoms with Gasteiger partial charge in [-0.2, -0.15) is 0 Å². The zero-order chi connectivity index (χ0) is 20.5. The summed E-state index contributed by atoms with van der Waals surface area (Å²) in [7, 11) is 1.53. The first-order chi connectivity index (χ1) is 13.5. The minimum atomic E-state index is -0.435. The second-order valence-corrected chi connectivity index (χ2v) is 6.82. The molecule has 2 amide bonds. The van der Waals surface area contributed by atoms with Gasteiger partial charge in [0.25, 0.3) is 11.8 Å². The van der Waals surface area contributed by atoms with Gasteiger partial charge in [0.15, 0.2) is 5.11 Å². The van der Waals surface area contributed by atoms with E-state index in [9.17, 15) is 9.59 Å². The molecule has 9 heteroatoms. The average Bonchev–Trinajstić information content (AvgIpc) is 2.70. The Labute approximate surface area is 176 Å². The standard InChI is InChI=1S/C19H20BrN3O4S/c1-3-10-27-15-7-5-4-6-13(15)18(25)22-23-19(28)21-17(24)12-8-9-16(26-2)14(20)11-12/h4-9,11H,3,10H2,1-2H3,(H,22,25)(H2,21,23,24,28). The van der Waals surface area contributed by atoms with E-state index in [0.29, 0.717) is 33.7 Å². The van der Waals surface area contributed by atoms with Crippen molar-refractivity contribution in [2.75, 3.05) is 13.7 Å². The zero-order valence-corrected chi connectivity index (χ0v) is 17.8. The highest BCUT2D eigenvalue weighted by Gasteiger charge is 2.14. The van der Waals surface area contributed by atoms with Gasteiger partial charge in [0, 0.05) is 5.56 Å². The fraction of sp³-hybridized carbons (Fsp3) is 0.211. The number of carbonyl (C=O) groups excluding carboxylic acids is 2. The maximum atomic E-state index is 12.4. The second kappa shape index (κ2) is 10.6. The van der Waals surface area contributed by atoms with E-state index in [4.69, 9.17) is 21.7 Å². The summed E-state index contributed by atoms with van der Waals surface area (Å²) >= 11 is 8.38. The van der Waals surface area contributed by atoms with Gasteiger partial charge in [-0.05, 0) is 64.9 Å². The first kappa shape index (κ1) is 21.6. The largest absolute Gasteiger partial charge is 0.496 e. The smallest absolute Gasteiger partial charge is 0.273 e. The summed E-state index contributed by atoms with van der Waals surface area (Å²) in [4.78, 5) is 24.6. The number of methoxy groups -OCH3 is 1. The number of hydrogen-bond acceptors (Lipinski definition) is 5. The van der Waals surface area contributed by atoms with E-state index in [1.54, 1.807) is 42.5 Å². The lowest BCUT2D eigenvalue weighted by Crippen LogP contribution is -2.48. The first-order valence-electron chi connectivity index (χ1n) is 8.43. The minimum Gasteiger partial charge on any atom is -0.496 e. The number of thiocarbonyl (C=S) groups is 1. The van der Waals surface area contributed by atoms with Crippen LogP contribution >= 0.6 is 28.1 Å². The van der Waals surface area contributed by atoms with Crippen LogP contribution in [-0.4, -0.2) is 30.6 Å². The highest BCUT2D eigenvalue weighted by molar-refractivity contribution is 9.10. The van der Waals surface area contributed by atoms with Gasteiger partial charge in [0.05, 0.1) is 23.8 Å². The van der Waals surface area contributed by atoms with Gasteiger partial charge in [-0.1, -0.05) is 19.1 Å².